The zero-order valence-electron chi connectivity index (χ0n) is 17.9. The summed E-state index contributed by atoms with van der Waals surface area (Å²) in [6, 6.07) is 34.0. The first-order chi connectivity index (χ1) is 15.8. The quantitative estimate of drug-likeness (QED) is 0.278. The Morgan fingerprint density at radius 3 is 2.16 bits per heavy atom. The lowest BCUT2D eigenvalue weighted by molar-refractivity contribution is 0.900. The SMILES string of the molecule is CCc1nc2ccc(/C=C/c3ccccc3)c3c2n1-c1ccccc1N3c1ccccc1. The first kappa shape index (κ1) is 18.6. The van der Waals surface area contributed by atoms with Gasteiger partial charge in [0.25, 0.3) is 0 Å². The van der Waals surface area contributed by atoms with Crippen molar-refractivity contribution in [3.63, 3.8) is 0 Å². The number of rotatable bonds is 4. The van der Waals surface area contributed by atoms with Gasteiger partial charge in [-0.1, -0.05) is 85.8 Å². The third-order valence-electron chi connectivity index (χ3n) is 6.07. The van der Waals surface area contributed by atoms with E-state index in [1.807, 2.05) is 6.07 Å². The maximum absolute atomic E-state index is 5.00. The van der Waals surface area contributed by atoms with Gasteiger partial charge in [-0.3, -0.25) is 4.57 Å². The molecule has 6 rings (SSSR count). The summed E-state index contributed by atoms with van der Waals surface area (Å²) in [6.07, 6.45) is 5.28. The van der Waals surface area contributed by atoms with Crippen LogP contribution in [-0.4, -0.2) is 9.55 Å². The van der Waals surface area contributed by atoms with Crippen molar-refractivity contribution in [2.45, 2.75) is 13.3 Å². The molecular formula is C29H23N3. The van der Waals surface area contributed by atoms with E-state index in [1.165, 1.54) is 33.7 Å². The molecule has 0 radical (unpaired) electrons. The Morgan fingerprint density at radius 2 is 1.41 bits per heavy atom. The molecule has 0 aliphatic carbocycles. The van der Waals surface area contributed by atoms with Crippen molar-refractivity contribution in [2.24, 2.45) is 0 Å². The van der Waals surface area contributed by atoms with Gasteiger partial charge in [0, 0.05) is 17.7 Å². The van der Waals surface area contributed by atoms with Crippen LogP contribution in [0, 0.1) is 0 Å². The first-order valence-electron chi connectivity index (χ1n) is 11.1. The van der Waals surface area contributed by atoms with E-state index in [0.717, 1.165) is 23.4 Å². The molecule has 0 unspecified atom stereocenters. The summed E-state index contributed by atoms with van der Waals surface area (Å²) >= 11 is 0. The van der Waals surface area contributed by atoms with E-state index >= 15 is 0 Å². The second-order valence-electron chi connectivity index (χ2n) is 7.99. The number of nitrogens with zero attached hydrogens (tertiary/aromatic N) is 3. The number of hydrogen-bond donors (Lipinski definition) is 0. The molecule has 0 spiro atoms. The van der Waals surface area contributed by atoms with Crippen LogP contribution in [0.25, 0.3) is 28.9 Å². The lowest BCUT2D eigenvalue weighted by Gasteiger charge is -2.34. The Bertz CT molecular complexity index is 1450. The van der Waals surface area contributed by atoms with Gasteiger partial charge < -0.3 is 4.90 Å². The van der Waals surface area contributed by atoms with Crippen molar-refractivity contribution in [3.05, 3.63) is 114 Å². The number of hydrogen-bond acceptors (Lipinski definition) is 2. The molecule has 0 N–H and O–H groups in total. The fourth-order valence-corrected chi connectivity index (χ4v) is 4.64. The summed E-state index contributed by atoms with van der Waals surface area (Å²) < 4.78 is 2.35. The maximum atomic E-state index is 5.00. The predicted octanol–water partition coefficient (Wildman–Crippen LogP) is 7.54. The van der Waals surface area contributed by atoms with Crippen LogP contribution in [0.4, 0.5) is 17.1 Å². The molecule has 4 aromatic carbocycles. The van der Waals surface area contributed by atoms with E-state index in [-0.39, 0.29) is 0 Å². The minimum atomic E-state index is 0.878. The van der Waals surface area contributed by atoms with E-state index in [0.29, 0.717) is 0 Å². The third-order valence-corrected chi connectivity index (χ3v) is 6.07. The van der Waals surface area contributed by atoms with E-state index < -0.39 is 0 Å². The predicted molar refractivity (Wildman–Crippen MR) is 134 cm³/mol. The van der Waals surface area contributed by atoms with Crippen molar-refractivity contribution in [3.8, 4) is 5.69 Å². The average Bonchev–Trinajstić information content (AvgIpc) is 3.24. The van der Waals surface area contributed by atoms with Crippen LogP contribution < -0.4 is 4.90 Å². The summed E-state index contributed by atoms with van der Waals surface area (Å²) in [5.74, 6) is 1.09. The van der Waals surface area contributed by atoms with Crippen LogP contribution in [0.2, 0.25) is 0 Å². The standard InChI is InChI=1S/C29H23N3/c1-2-27-30-24-20-19-22(18-17-21-11-5-3-6-12-21)28-29(24)32(27)26-16-10-9-15-25(26)31(28)23-13-7-4-8-14-23/h3-20H,2H2,1H3/b18-17+. The summed E-state index contributed by atoms with van der Waals surface area (Å²) in [5, 5.41) is 0. The number of imidazole rings is 1. The fraction of sp³-hybridized carbons (Fsp3) is 0.0690. The average molecular weight is 414 g/mol. The highest BCUT2D eigenvalue weighted by molar-refractivity contribution is 6.05. The lowest BCUT2D eigenvalue weighted by Crippen LogP contribution is -2.20. The molecule has 1 aliphatic rings. The van der Waals surface area contributed by atoms with Gasteiger partial charge in [0.2, 0.25) is 0 Å². The molecule has 2 heterocycles. The molecule has 32 heavy (non-hydrogen) atoms. The molecule has 0 bridgehead atoms. The van der Waals surface area contributed by atoms with Gasteiger partial charge in [0.15, 0.2) is 0 Å². The zero-order chi connectivity index (χ0) is 21.5. The fourth-order valence-electron chi connectivity index (χ4n) is 4.64. The molecule has 3 heteroatoms. The van der Waals surface area contributed by atoms with E-state index in [2.05, 4.69) is 120 Å². The smallest absolute Gasteiger partial charge is 0.114 e. The van der Waals surface area contributed by atoms with Gasteiger partial charge in [-0.2, -0.15) is 0 Å². The highest BCUT2D eigenvalue weighted by atomic mass is 15.2. The van der Waals surface area contributed by atoms with Crippen LogP contribution in [0.3, 0.4) is 0 Å². The zero-order valence-corrected chi connectivity index (χ0v) is 17.9. The molecule has 0 saturated carbocycles. The van der Waals surface area contributed by atoms with Crippen molar-refractivity contribution in [1.82, 2.24) is 9.55 Å². The summed E-state index contributed by atoms with van der Waals surface area (Å²) in [4.78, 5) is 7.38. The molecule has 0 atom stereocenters. The number of anilines is 3. The Balaban J connectivity index is 1.68. The van der Waals surface area contributed by atoms with Gasteiger partial charge in [0.05, 0.1) is 28.1 Å². The summed E-state index contributed by atoms with van der Waals surface area (Å²) in [7, 11) is 0. The van der Waals surface area contributed by atoms with E-state index in [1.54, 1.807) is 0 Å². The minimum Gasteiger partial charge on any atom is -0.306 e. The Labute approximate surface area is 187 Å². The number of aryl methyl sites for hydroxylation is 1. The molecule has 0 saturated heterocycles. The largest absolute Gasteiger partial charge is 0.306 e. The maximum Gasteiger partial charge on any atom is 0.114 e. The van der Waals surface area contributed by atoms with Gasteiger partial charge in [-0.25, -0.2) is 4.98 Å². The molecule has 1 aliphatic heterocycles. The molecule has 0 amide bonds. The Kier molecular flexibility index (Phi) is 4.39. The highest BCUT2D eigenvalue weighted by Gasteiger charge is 2.29. The van der Waals surface area contributed by atoms with E-state index in [4.69, 9.17) is 4.98 Å². The number of aromatic nitrogens is 2. The van der Waals surface area contributed by atoms with Crippen LogP contribution in [0.1, 0.15) is 23.9 Å². The van der Waals surface area contributed by atoms with Gasteiger partial charge >= 0.3 is 0 Å². The molecule has 154 valence electrons. The molecule has 1 aromatic heterocycles. The van der Waals surface area contributed by atoms with Crippen molar-refractivity contribution >= 4 is 40.2 Å². The van der Waals surface area contributed by atoms with Crippen molar-refractivity contribution in [1.29, 1.82) is 0 Å². The number of benzene rings is 4. The van der Waals surface area contributed by atoms with Crippen LogP contribution in [0.15, 0.2) is 97.1 Å². The third kappa shape index (κ3) is 2.86. The van der Waals surface area contributed by atoms with Crippen molar-refractivity contribution < 1.29 is 0 Å². The Morgan fingerprint density at radius 1 is 0.719 bits per heavy atom. The molecule has 5 aromatic rings. The number of fused-ring (bicyclic) bond motifs is 2. The first-order valence-corrected chi connectivity index (χ1v) is 11.1. The van der Waals surface area contributed by atoms with Crippen LogP contribution >= 0.6 is 0 Å². The highest BCUT2D eigenvalue weighted by Crippen LogP contribution is 2.48. The van der Waals surface area contributed by atoms with Crippen LogP contribution in [0.5, 0.6) is 0 Å². The van der Waals surface area contributed by atoms with Gasteiger partial charge in [-0.05, 0) is 35.9 Å². The second-order valence-corrected chi connectivity index (χ2v) is 7.99. The van der Waals surface area contributed by atoms with Gasteiger partial charge in [-0.15, -0.1) is 0 Å². The van der Waals surface area contributed by atoms with Crippen LogP contribution in [-0.2, 0) is 6.42 Å². The number of para-hydroxylation sites is 3. The molecule has 3 nitrogen and oxygen atoms in total. The Hall–Kier alpha value is -4.11. The summed E-state index contributed by atoms with van der Waals surface area (Å²) in [5.41, 5.74) is 9.21. The topological polar surface area (TPSA) is 21.1 Å². The molecular weight excluding hydrogens is 390 g/mol. The summed E-state index contributed by atoms with van der Waals surface area (Å²) in [6.45, 7) is 2.17. The van der Waals surface area contributed by atoms with Crippen molar-refractivity contribution in [2.75, 3.05) is 4.90 Å². The van der Waals surface area contributed by atoms with Gasteiger partial charge in [0.1, 0.15) is 5.82 Å². The van der Waals surface area contributed by atoms with E-state index in [9.17, 15) is 0 Å². The lowest BCUT2D eigenvalue weighted by atomic mass is 10.0. The molecule has 0 fully saturated rings. The monoisotopic (exact) mass is 413 g/mol. The minimum absolute atomic E-state index is 0.878. The second kappa shape index (κ2) is 7.54. The normalized spacial score (nSPS) is 12.5.